The minimum absolute atomic E-state index is 0.0140. The Kier molecular flexibility index (Phi) is 3.88. The molecule has 5 nitrogen and oxygen atoms in total. The molecular formula is C9H16N2O3. The lowest BCUT2D eigenvalue weighted by Crippen LogP contribution is -2.43. The normalized spacial score (nSPS) is 23.1. The molecule has 1 amide bonds. The van der Waals surface area contributed by atoms with E-state index in [1.807, 2.05) is 4.90 Å². The molecule has 0 bridgehead atoms. The summed E-state index contributed by atoms with van der Waals surface area (Å²) in [5.41, 5.74) is 0. The van der Waals surface area contributed by atoms with E-state index >= 15 is 0 Å². The molecule has 0 aromatic carbocycles. The maximum atomic E-state index is 11.3. The van der Waals surface area contributed by atoms with Crippen molar-refractivity contribution < 1.29 is 14.7 Å². The van der Waals surface area contributed by atoms with Gasteiger partial charge in [0.05, 0.1) is 12.5 Å². The van der Waals surface area contributed by atoms with E-state index < -0.39 is 5.97 Å². The van der Waals surface area contributed by atoms with E-state index in [9.17, 15) is 9.59 Å². The zero-order chi connectivity index (χ0) is 10.6. The van der Waals surface area contributed by atoms with Gasteiger partial charge in [0, 0.05) is 13.6 Å². The summed E-state index contributed by atoms with van der Waals surface area (Å²) in [6, 6.07) is 0. The first-order valence-corrected chi connectivity index (χ1v) is 4.79. The van der Waals surface area contributed by atoms with Gasteiger partial charge in [-0.05, 0) is 19.4 Å². The number of nitrogens with one attached hydrogen (secondary N) is 1. The molecule has 0 spiro atoms. The van der Waals surface area contributed by atoms with Crippen LogP contribution in [-0.4, -0.2) is 48.6 Å². The van der Waals surface area contributed by atoms with Gasteiger partial charge in [-0.1, -0.05) is 0 Å². The van der Waals surface area contributed by atoms with Gasteiger partial charge in [0.2, 0.25) is 5.91 Å². The average Bonchev–Trinajstić information content (AvgIpc) is 2.16. The first kappa shape index (κ1) is 11.0. The summed E-state index contributed by atoms with van der Waals surface area (Å²) >= 11 is 0. The molecule has 1 aliphatic heterocycles. The second-order valence-electron chi connectivity index (χ2n) is 3.58. The van der Waals surface area contributed by atoms with Gasteiger partial charge >= 0.3 is 5.97 Å². The summed E-state index contributed by atoms with van der Waals surface area (Å²) in [5.74, 6) is -0.865. The maximum Gasteiger partial charge on any atom is 0.317 e. The predicted octanol–water partition coefficient (Wildman–Crippen LogP) is -0.471. The summed E-state index contributed by atoms with van der Waals surface area (Å²) in [6.07, 6.45) is 1.75. The van der Waals surface area contributed by atoms with E-state index in [2.05, 4.69) is 5.32 Å². The highest BCUT2D eigenvalue weighted by Gasteiger charge is 2.25. The number of rotatable bonds is 3. The van der Waals surface area contributed by atoms with Crippen LogP contribution in [-0.2, 0) is 9.59 Å². The number of nitrogens with zero attached hydrogens (tertiary/aromatic N) is 1. The molecule has 1 unspecified atom stereocenters. The number of carbonyl (C=O) groups is 2. The molecule has 0 radical (unpaired) electrons. The number of amides is 1. The zero-order valence-electron chi connectivity index (χ0n) is 8.32. The van der Waals surface area contributed by atoms with Gasteiger partial charge in [0.1, 0.15) is 0 Å². The monoisotopic (exact) mass is 200 g/mol. The Bertz CT molecular complexity index is 230. The third-order valence-electron chi connectivity index (χ3n) is 2.48. The second-order valence-corrected chi connectivity index (χ2v) is 3.58. The molecule has 1 fully saturated rings. The van der Waals surface area contributed by atoms with E-state index in [1.54, 1.807) is 7.05 Å². The molecule has 1 rings (SSSR count). The Labute approximate surface area is 83.1 Å². The molecular weight excluding hydrogens is 184 g/mol. The Morgan fingerprint density at radius 3 is 2.86 bits per heavy atom. The summed E-state index contributed by atoms with van der Waals surface area (Å²) < 4.78 is 0. The fraction of sp³-hybridized carbons (Fsp3) is 0.778. The van der Waals surface area contributed by atoms with Gasteiger partial charge in [0.25, 0.3) is 0 Å². The van der Waals surface area contributed by atoms with Gasteiger partial charge in [-0.2, -0.15) is 0 Å². The highest BCUT2D eigenvalue weighted by atomic mass is 16.4. The highest BCUT2D eigenvalue weighted by Crippen LogP contribution is 2.15. The maximum absolute atomic E-state index is 11.3. The van der Waals surface area contributed by atoms with E-state index in [0.717, 1.165) is 19.4 Å². The Balaban J connectivity index is 2.43. The van der Waals surface area contributed by atoms with Crippen LogP contribution in [0.3, 0.4) is 0 Å². The van der Waals surface area contributed by atoms with Crippen LogP contribution in [0.4, 0.5) is 0 Å². The van der Waals surface area contributed by atoms with Crippen molar-refractivity contribution in [2.24, 2.45) is 5.92 Å². The summed E-state index contributed by atoms with van der Waals surface area (Å²) in [5, 5.41) is 11.2. The molecule has 0 saturated carbocycles. The summed E-state index contributed by atoms with van der Waals surface area (Å²) in [4.78, 5) is 23.6. The molecule has 0 aliphatic carbocycles. The van der Waals surface area contributed by atoms with Crippen LogP contribution in [0.2, 0.25) is 0 Å². The lowest BCUT2D eigenvalue weighted by Gasteiger charge is -2.30. The van der Waals surface area contributed by atoms with Crippen molar-refractivity contribution in [1.82, 2.24) is 10.2 Å². The van der Waals surface area contributed by atoms with E-state index in [4.69, 9.17) is 5.11 Å². The Hall–Kier alpha value is -1.10. The quantitative estimate of drug-likeness (QED) is 0.646. The largest absolute Gasteiger partial charge is 0.480 e. The molecule has 1 saturated heterocycles. The standard InChI is InChI=1S/C9H16N2O3/c1-10-9(14)7-3-2-4-11(5-7)6-8(12)13/h7H,2-6H2,1H3,(H,10,14)(H,12,13). The smallest absolute Gasteiger partial charge is 0.317 e. The lowest BCUT2D eigenvalue weighted by molar-refractivity contribution is -0.139. The van der Waals surface area contributed by atoms with Gasteiger partial charge < -0.3 is 10.4 Å². The lowest BCUT2D eigenvalue weighted by atomic mass is 9.97. The average molecular weight is 200 g/mol. The third-order valence-corrected chi connectivity index (χ3v) is 2.48. The molecule has 14 heavy (non-hydrogen) atoms. The molecule has 0 aromatic rings. The molecule has 1 heterocycles. The van der Waals surface area contributed by atoms with Crippen LogP contribution >= 0.6 is 0 Å². The van der Waals surface area contributed by atoms with Crippen molar-refractivity contribution in [3.05, 3.63) is 0 Å². The third kappa shape index (κ3) is 2.99. The fourth-order valence-corrected chi connectivity index (χ4v) is 1.81. The van der Waals surface area contributed by atoms with E-state index in [1.165, 1.54) is 0 Å². The minimum atomic E-state index is -0.831. The highest BCUT2D eigenvalue weighted by molar-refractivity contribution is 5.78. The fourth-order valence-electron chi connectivity index (χ4n) is 1.81. The predicted molar refractivity (Wildman–Crippen MR) is 50.9 cm³/mol. The number of hydrogen-bond donors (Lipinski definition) is 2. The van der Waals surface area contributed by atoms with Crippen LogP contribution in [0.25, 0.3) is 0 Å². The van der Waals surface area contributed by atoms with Crippen LogP contribution < -0.4 is 5.32 Å². The number of carboxylic acids is 1. The van der Waals surface area contributed by atoms with Gasteiger partial charge in [-0.3, -0.25) is 14.5 Å². The number of carbonyl (C=O) groups excluding carboxylic acids is 1. The first-order chi connectivity index (χ1) is 6.63. The van der Waals surface area contributed by atoms with Crippen LogP contribution in [0, 0.1) is 5.92 Å². The van der Waals surface area contributed by atoms with E-state index in [-0.39, 0.29) is 18.4 Å². The van der Waals surface area contributed by atoms with Gasteiger partial charge in [-0.15, -0.1) is 0 Å². The van der Waals surface area contributed by atoms with Crippen LogP contribution in [0.15, 0.2) is 0 Å². The molecule has 2 N–H and O–H groups in total. The van der Waals surface area contributed by atoms with Crippen molar-refractivity contribution in [3.63, 3.8) is 0 Å². The topological polar surface area (TPSA) is 69.6 Å². The Morgan fingerprint density at radius 2 is 2.29 bits per heavy atom. The number of aliphatic carboxylic acids is 1. The van der Waals surface area contributed by atoms with Crippen molar-refractivity contribution >= 4 is 11.9 Å². The van der Waals surface area contributed by atoms with Gasteiger partial charge in [-0.25, -0.2) is 0 Å². The number of likely N-dealkylation sites (tertiary alicyclic amines) is 1. The number of carboxylic acid groups (broad SMARTS) is 1. The van der Waals surface area contributed by atoms with Crippen LogP contribution in [0.1, 0.15) is 12.8 Å². The minimum Gasteiger partial charge on any atom is -0.480 e. The summed E-state index contributed by atoms with van der Waals surface area (Å²) in [6.45, 7) is 1.37. The van der Waals surface area contributed by atoms with Crippen molar-refractivity contribution in [1.29, 1.82) is 0 Å². The molecule has 1 aliphatic rings. The first-order valence-electron chi connectivity index (χ1n) is 4.79. The summed E-state index contributed by atoms with van der Waals surface area (Å²) in [7, 11) is 1.61. The molecule has 80 valence electrons. The van der Waals surface area contributed by atoms with Crippen molar-refractivity contribution in [3.8, 4) is 0 Å². The van der Waals surface area contributed by atoms with E-state index in [0.29, 0.717) is 6.54 Å². The number of hydrogen-bond acceptors (Lipinski definition) is 3. The molecule has 0 aromatic heterocycles. The SMILES string of the molecule is CNC(=O)C1CCCN(CC(=O)O)C1. The second kappa shape index (κ2) is 4.95. The van der Waals surface area contributed by atoms with Crippen molar-refractivity contribution in [2.45, 2.75) is 12.8 Å². The zero-order valence-corrected chi connectivity index (χ0v) is 8.32. The Morgan fingerprint density at radius 1 is 1.57 bits per heavy atom. The number of piperidine rings is 1. The van der Waals surface area contributed by atoms with Crippen molar-refractivity contribution in [2.75, 3.05) is 26.7 Å². The molecule has 1 atom stereocenters. The van der Waals surface area contributed by atoms with Gasteiger partial charge in [0.15, 0.2) is 0 Å². The van der Waals surface area contributed by atoms with Crippen LogP contribution in [0.5, 0.6) is 0 Å². The molecule has 5 heteroatoms.